The normalized spacial score (nSPS) is 18.7. The van der Waals surface area contributed by atoms with Crippen LogP contribution in [0.15, 0.2) is 22.7 Å². The van der Waals surface area contributed by atoms with E-state index in [-0.39, 0.29) is 6.04 Å². The number of ether oxygens (including phenoxy) is 1. The maximum absolute atomic E-state index is 8.57. The summed E-state index contributed by atoms with van der Waals surface area (Å²) in [6, 6.07) is 8.03. The molecule has 72 valence electrons. The standard InChI is InChI=1S/C10H9BrN2O/c11-7-1-2-10-9(5-7)13-8(3-4-12)6-14-10/h1-2,5,8,13H,3,6H2. The number of hydrogen-bond acceptors (Lipinski definition) is 3. The van der Waals surface area contributed by atoms with Gasteiger partial charge in [-0.15, -0.1) is 0 Å². The Balaban J connectivity index is 2.21. The van der Waals surface area contributed by atoms with E-state index in [4.69, 9.17) is 10.00 Å². The molecule has 1 heterocycles. The largest absolute Gasteiger partial charge is 0.489 e. The molecule has 2 rings (SSSR count). The lowest BCUT2D eigenvalue weighted by Gasteiger charge is -2.25. The first-order chi connectivity index (χ1) is 6.79. The number of nitrogens with zero attached hydrogens (tertiary/aromatic N) is 1. The third-order valence-electron chi connectivity index (χ3n) is 2.08. The molecule has 0 fully saturated rings. The van der Waals surface area contributed by atoms with Gasteiger partial charge < -0.3 is 10.1 Å². The third kappa shape index (κ3) is 1.83. The zero-order valence-corrected chi connectivity index (χ0v) is 9.04. The van der Waals surface area contributed by atoms with Crippen molar-refractivity contribution in [3.05, 3.63) is 22.7 Å². The number of halogens is 1. The summed E-state index contributed by atoms with van der Waals surface area (Å²) in [6.07, 6.45) is 0.464. The summed E-state index contributed by atoms with van der Waals surface area (Å²) in [7, 11) is 0. The molecule has 1 aromatic carbocycles. The second-order valence-corrected chi connectivity index (χ2v) is 4.07. The second kappa shape index (κ2) is 3.89. The van der Waals surface area contributed by atoms with Gasteiger partial charge >= 0.3 is 0 Å². The highest BCUT2D eigenvalue weighted by Crippen LogP contribution is 2.31. The van der Waals surface area contributed by atoms with Gasteiger partial charge in [-0.3, -0.25) is 0 Å². The monoisotopic (exact) mass is 252 g/mol. The zero-order chi connectivity index (χ0) is 9.97. The smallest absolute Gasteiger partial charge is 0.142 e. The zero-order valence-electron chi connectivity index (χ0n) is 7.46. The van der Waals surface area contributed by atoms with Gasteiger partial charge in [-0.1, -0.05) is 15.9 Å². The molecule has 0 saturated heterocycles. The molecule has 3 nitrogen and oxygen atoms in total. The van der Waals surface area contributed by atoms with Gasteiger partial charge in [0.05, 0.1) is 24.2 Å². The lowest BCUT2D eigenvalue weighted by Crippen LogP contribution is -2.30. The van der Waals surface area contributed by atoms with Crippen molar-refractivity contribution in [2.24, 2.45) is 0 Å². The molecule has 4 heteroatoms. The third-order valence-corrected chi connectivity index (χ3v) is 2.57. The van der Waals surface area contributed by atoms with E-state index in [1.54, 1.807) is 0 Å². The maximum atomic E-state index is 8.57. The van der Waals surface area contributed by atoms with Crippen molar-refractivity contribution in [2.75, 3.05) is 11.9 Å². The number of benzene rings is 1. The lowest BCUT2D eigenvalue weighted by molar-refractivity contribution is 0.285. The van der Waals surface area contributed by atoms with E-state index < -0.39 is 0 Å². The average Bonchev–Trinajstić information content (AvgIpc) is 2.17. The summed E-state index contributed by atoms with van der Waals surface area (Å²) in [5.41, 5.74) is 0.950. The topological polar surface area (TPSA) is 45.0 Å². The van der Waals surface area contributed by atoms with E-state index in [1.807, 2.05) is 18.2 Å². The van der Waals surface area contributed by atoms with Crippen molar-refractivity contribution in [2.45, 2.75) is 12.5 Å². The van der Waals surface area contributed by atoms with Crippen LogP contribution >= 0.6 is 15.9 Å². The molecule has 1 N–H and O–H groups in total. The molecule has 1 atom stereocenters. The van der Waals surface area contributed by atoms with Gasteiger partial charge in [-0.2, -0.15) is 5.26 Å². The molecule has 0 aliphatic carbocycles. The number of hydrogen-bond donors (Lipinski definition) is 1. The van der Waals surface area contributed by atoms with Crippen LogP contribution in [0.5, 0.6) is 5.75 Å². The van der Waals surface area contributed by atoms with Gasteiger partial charge in [0.25, 0.3) is 0 Å². The van der Waals surface area contributed by atoms with Gasteiger partial charge in [0.2, 0.25) is 0 Å². The van der Waals surface area contributed by atoms with E-state index in [0.717, 1.165) is 15.9 Å². The predicted octanol–water partition coefficient (Wildman–Crippen LogP) is 2.54. The fraction of sp³-hybridized carbons (Fsp3) is 0.300. The van der Waals surface area contributed by atoms with E-state index in [0.29, 0.717) is 13.0 Å². The van der Waals surface area contributed by atoms with Crippen molar-refractivity contribution in [3.8, 4) is 11.8 Å². The minimum Gasteiger partial charge on any atom is -0.489 e. The van der Waals surface area contributed by atoms with Crippen LogP contribution in [-0.2, 0) is 0 Å². The highest BCUT2D eigenvalue weighted by atomic mass is 79.9. The number of nitrogens with one attached hydrogen (secondary N) is 1. The van der Waals surface area contributed by atoms with E-state index in [1.165, 1.54) is 0 Å². The summed E-state index contributed by atoms with van der Waals surface area (Å²) in [5, 5.41) is 11.8. The average molecular weight is 253 g/mol. The summed E-state index contributed by atoms with van der Waals surface area (Å²) in [6.45, 7) is 0.558. The molecule has 1 aromatic rings. The van der Waals surface area contributed by atoms with E-state index in [2.05, 4.69) is 27.3 Å². The maximum Gasteiger partial charge on any atom is 0.142 e. The number of fused-ring (bicyclic) bond motifs is 1. The minimum absolute atomic E-state index is 0.0989. The van der Waals surface area contributed by atoms with Crippen LogP contribution in [-0.4, -0.2) is 12.6 Å². The van der Waals surface area contributed by atoms with Crippen LogP contribution in [0.2, 0.25) is 0 Å². The molecule has 1 unspecified atom stereocenters. The van der Waals surface area contributed by atoms with Gasteiger partial charge in [-0.25, -0.2) is 0 Å². The van der Waals surface area contributed by atoms with Gasteiger partial charge in [0.15, 0.2) is 0 Å². The Bertz CT molecular complexity index is 386. The van der Waals surface area contributed by atoms with E-state index >= 15 is 0 Å². The van der Waals surface area contributed by atoms with Crippen molar-refractivity contribution in [1.82, 2.24) is 0 Å². The Morgan fingerprint density at radius 1 is 1.64 bits per heavy atom. The second-order valence-electron chi connectivity index (χ2n) is 3.15. The first-order valence-electron chi connectivity index (χ1n) is 4.35. The number of rotatable bonds is 1. The molecular formula is C10H9BrN2O. The van der Waals surface area contributed by atoms with Crippen LogP contribution < -0.4 is 10.1 Å². The van der Waals surface area contributed by atoms with Crippen molar-refractivity contribution in [3.63, 3.8) is 0 Å². The molecule has 0 radical (unpaired) electrons. The summed E-state index contributed by atoms with van der Waals surface area (Å²) < 4.78 is 6.51. The van der Waals surface area contributed by atoms with Crippen LogP contribution in [0.4, 0.5) is 5.69 Å². The fourth-order valence-electron chi connectivity index (χ4n) is 1.41. The molecule has 0 amide bonds. The predicted molar refractivity (Wildman–Crippen MR) is 57.3 cm³/mol. The van der Waals surface area contributed by atoms with Crippen LogP contribution in [0.1, 0.15) is 6.42 Å². The summed E-state index contributed by atoms with van der Waals surface area (Å²) in [5.74, 6) is 0.849. The summed E-state index contributed by atoms with van der Waals surface area (Å²) in [4.78, 5) is 0. The van der Waals surface area contributed by atoms with Crippen molar-refractivity contribution < 1.29 is 4.74 Å². The molecule has 0 saturated carbocycles. The molecule has 1 aliphatic rings. The highest BCUT2D eigenvalue weighted by molar-refractivity contribution is 9.10. The van der Waals surface area contributed by atoms with Gasteiger partial charge in [-0.05, 0) is 18.2 Å². The lowest BCUT2D eigenvalue weighted by atomic mass is 10.1. The first-order valence-corrected chi connectivity index (χ1v) is 5.15. The molecule has 14 heavy (non-hydrogen) atoms. The quantitative estimate of drug-likeness (QED) is 0.836. The molecule has 0 bridgehead atoms. The molecular weight excluding hydrogens is 244 g/mol. The first kappa shape index (κ1) is 9.35. The van der Waals surface area contributed by atoms with Gasteiger partial charge in [0, 0.05) is 4.47 Å². The molecule has 0 aromatic heterocycles. The Morgan fingerprint density at radius 2 is 2.50 bits per heavy atom. The van der Waals surface area contributed by atoms with Crippen LogP contribution in [0.25, 0.3) is 0 Å². The summed E-state index contributed by atoms with van der Waals surface area (Å²) >= 11 is 3.39. The SMILES string of the molecule is N#CCC1COc2ccc(Br)cc2N1. The molecule has 0 spiro atoms. The van der Waals surface area contributed by atoms with Crippen molar-refractivity contribution >= 4 is 21.6 Å². The Morgan fingerprint density at radius 3 is 3.29 bits per heavy atom. The Kier molecular flexibility index (Phi) is 2.60. The number of nitriles is 1. The van der Waals surface area contributed by atoms with Crippen molar-refractivity contribution in [1.29, 1.82) is 5.26 Å². The van der Waals surface area contributed by atoms with Gasteiger partial charge in [0.1, 0.15) is 12.4 Å². The molecule has 1 aliphatic heterocycles. The Labute approximate surface area is 90.8 Å². The number of anilines is 1. The fourth-order valence-corrected chi connectivity index (χ4v) is 1.77. The highest BCUT2D eigenvalue weighted by Gasteiger charge is 2.18. The van der Waals surface area contributed by atoms with Crippen LogP contribution in [0.3, 0.4) is 0 Å². The van der Waals surface area contributed by atoms with Crippen LogP contribution in [0, 0.1) is 11.3 Å². The Hall–Kier alpha value is -1.21. The minimum atomic E-state index is 0.0989. The van der Waals surface area contributed by atoms with E-state index in [9.17, 15) is 0 Å².